The van der Waals surface area contributed by atoms with Crippen molar-refractivity contribution in [1.82, 2.24) is 4.90 Å². The number of nitrogens with zero attached hydrogens (tertiary/aromatic N) is 1. The normalized spacial score (nSPS) is 17.2. The number of piperidine rings is 1. The lowest BCUT2D eigenvalue weighted by Gasteiger charge is -2.37. The number of carboxylic acids is 1. The van der Waals surface area contributed by atoms with Gasteiger partial charge in [0.1, 0.15) is 11.6 Å². The summed E-state index contributed by atoms with van der Waals surface area (Å²) in [6.45, 7) is 5.35. The SMILES string of the molecule is CC(C)c1ccc(C(c2ccc(F)cc2F)N2CCC(C(=O)O)CC2)cc1. The number of carbonyl (C=O) groups is 1. The average molecular weight is 373 g/mol. The minimum absolute atomic E-state index is 0.358. The molecule has 0 aliphatic carbocycles. The van der Waals surface area contributed by atoms with Gasteiger partial charge in [0.25, 0.3) is 0 Å². The van der Waals surface area contributed by atoms with Crippen molar-refractivity contribution in [2.45, 2.75) is 38.6 Å². The largest absolute Gasteiger partial charge is 0.481 e. The standard InChI is InChI=1S/C22H25F2NO2/c1-14(2)15-3-5-16(6-4-15)21(19-8-7-18(23)13-20(19)24)25-11-9-17(10-12-25)22(26)27/h3-8,13-14,17,21H,9-12H2,1-2H3,(H,26,27). The van der Waals surface area contributed by atoms with Crippen LogP contribution < -0.4 is 0 Å². The maximum Gasteiger partial charge on any atom is 0.306 e. The molecule has 1 saturated heterocycles. The number of rotatable bonds is 5. The Morgan fingerprint density at radius 2 is 1.63 bits per heavy atom. The fourth-order valence-corrected chi connectivity index (χ4v) is 3.78. The molecule has 0 spiro atoms. The zero-order valence-electron chi connectivity index (χ0n) is 15.7. The van der Waals surface area contributed by atoms with Gasteiger partial charge in [-0.15, -0.1) is 0 Å². The van der Waals surface area contributed by atoms with Crippen molar-refractivity contribution < 1.29 is 18.7 Å². The van der Waals surface area contributed by atoms with Crippen LogP contribution >= 0.6 is 0 Å². The van der Waals surface area contributed by atoms with Crippen LogP contribution in [0.5, 0.6) is 0 Å². The first-order valence-corrected chi connectivity index (χ1v) is 9.38. The van der Waals surface area contributed by atoms with Gasteiger partial charge >= 0.3 is 5.97 Å². The van der Waals surface area contributed by atoms with Crippen molar-refractivity contribution in [3.05, 3.63) is 70.8 Å². The summed E-state index contributed by atoms with van der Waals surface area (Å²) in [5.41, 5.74) is 2.54. The smallest absolute Gasteiger partial charge is 0.306 e. The van der Waals surface area contributed by atoms with Crippen LogP contribution in [0.1, 0.15) is 55.3 Å². The van der Waals surface area contributed by atoms with Crippen LogP contribution in [0.3, 0.4) is 0 Å². The fourth-order valence-electron chi connectivity index (χ4n) is 3.78. The van der Waals surface area contributed by atoms with E-state index >= 15 is 0 Å². The van der Waals surface area contributed by atoms with E-state index in [0.717, 1.165) is 11.6 Å². The highest BCUT2D eigenvalue weighted by Crippen LogP contribution is 2.34. The van der Waals surface area contributed by atoms with Gasteiger partial charge in [0.05, 0.1) is 12.0 Å². The van der Waals surface area contributed by atoms with Crippen LogP contribution in [0.25, 0.3) is 0 Å². The fraction of sp³-hybridized carbons (Fsp3) is 0.409. The van der Waals surface area contributed by atoms with Gasteiger partial charge in [-0.05, 0) is 49.0 Å². The van der Waals surface area contributed by atoms with Crippen molar-refractivity contribution in [3.63, 3.8) is 0 Å². The van der Waals surface area contributed by atoms with E-state index in [4.69, 9.17) is 0 Å². The quantitative estimate of drug-likeness (QED) is 0.804. The van der Waals surface area contributed by atoms with E-state index in [0.29, 0.717) is 37.4 Å². The van der Waals surface area contributed by atoms with Gasteiger partial charge in [-0.2, -0.15) is 0 Å². The molecule has 1 heterocycles. The molecule has 3 nitrogen and oxygen atoms in total. The van der Waals surface area contributed by atoms with E-state index in [1.54, 1.807) is 0 Å². The molecule has 1 aliphatic rings. The van der Waals surface area contributed by atoms with Crippen molar-refractivity contribution >= 4 is 5.97 Å². The van der Waals surface area contributed by atoms with E-state index in [2.05, 4.69) is 18.7 Å². The molecule has 0 radical (unpaired) electrons. The molecule has 3 rings (SSSR count). The Balaban J connectivity index is 1.95. The molecule has 1 aliphatic heterocycles. The van der Waals surface area contributed by atoms with Crippen LogP contribution in [-0.4, -0.2) is 29.1 Å². The van der Waals surface area contributed by atoms with Crippen LogP contribution in [0.4, 0.5) is 8.78 Å². The Hall–Kier alpha value is -2.27. The summed E-state index contributed by atoms with van der Waals surface area (Å²) in [5, 5.41) is 9.23. The van der Waals surface area contributed by atoms with Crippen molar-refractivity contribution in [1.29, 1.82) is 0 Å². The number of aliphatic carboxylic acids is 1. The number of halogens is 2. The zero-order valence-corrected chi connectivity index (χ0v) is 15.7. The third-order valence-corrected chi connectivity index (χ3v) is 5.42. The number of hydrogen-bond donors (Lipinski definition) is 1. The Morgan fingerprint density at radius 3 is 2.15 bits per heavy atom. The number of likely N-dealkylation sites (tertiary alicyclic amines) is 1. The molecule has 0 amide bonds. The van der Waals surface area contributed by atoms with Gasteiger partial charge in [0.15, 0.2) is 0 Å². The molecule has 1 fully saturated rings. The van der Waals surface area contributed by atoms with Gasteiger partial charge in [0, 0.05) is 11.6 Å². The molecule has 2 aromatic rings. The lowest BCUT2D eigenvalue weighted by atomic mass is 9.90. The molecular weight excluding hydrogens is 348 g/mol. The molecule has 27 heavy (non-hydrogen) atoms. The molecule has 0 saturated carbocycles. The summed E-state index contributed by atoms with van der Waals surface area (Å²) in [4.78, 5) is 13.3. The first kappa shape index (κ1) is 19.5. The second-order valence-electron chi connectivity index (χ2n) is 7.54. The summed E-state index contributed by atoms with van der Waals surface area (Å²) in [5.74, 6) is -1.92. The third kappa shape index (κ3) is 4.35. The number of hydrogen-bond acceptors (Lipinski definition) is 2. The topological polar surface area (TPSA) is 40.5 Å². The highest BCUT2D eigenvalue weighted by atomic mass is 19.1. The minimum atomic E-state index is -0.777. The molecule has 2 aromatic carbocycles. The lowest BCUT2D eigenvalue weighted by molar-refractivity contribution is -0.143. The molecule has 1 unspecified atom stereocenters. The highest BCUT2D eigenvalue weighted by Gasteiger charge is 2.31. The predicted octanol–water partition coefficient (Wildman–Crippen LogP) is 4.97. The van der Waals surface area contributed by atoms with Gasteiger partial charge in [0.2, 0.25) is 0 Å². The zero-order chi connectivity index (χ0) is 19.6. The van der Waals surface area contributed by atoms with E-state index in [1.807, 2.05) is 24.3 Å². The maximum absolute atomic E-state index is 14.6. The van der Waals surface area contributed by atoms with E-state index in [9.17, 15) is 18.7 Å². The molecule has 0 bridgehead atoms. The van der Waals surface area contributed by atoms with Crippen LogP contribution in [0, 0.1) is 17.6 Å². The first-order valence-electron chi connectivity index (χ1n) is 9.38. The first-order chi connectivity index (χ1) is 12.9. The van der Waals surface area contributed by atoms with Gasteiger partial charge < -0.3 is 5.11 Å². The van der Waals surface area contributed by atoms with Crippen molar-refractivity contribution in [2.75, 3.05) is 13.1 Å². The second-order valence-corrected chi connectivity index (χ2v) is 7.54. The minimum Gasteiger partial charge on any atom is -0.481 e. The second kappa shape index (κ2) is 8.17. The van der Waals surface area contributed by atoms with Gasteiger partial charge in [-0.3, -0.25) is 9.69 Å². The molecule has 1 atom stereocenters. The Labute approximate surface area is 158 Å². The van der Waals surface area contributed by atoms with E-state index < -0.39 is 17.6 Å². The summed E-state index contributed by atoms with van der Waals surface area (Å²) in [6, 6.07) is 11.4. The summed E-state index contributed by atoms with van der Waals surface area (Å²) in [6.07, 6.45) is 1.05. The monoisotopic (exact) mass is 373 g/mol. The predicted molar refractivity (Wildman–Crippen MR) is 101 cm³/mol. The molecule has 0 aromatic heterocycles. The van der Waals surface area contributed by atoms with E-state index in [-0.39, 0.29) is 12.0 Å². The Bertz CT molecular complexity index is 796. The Kier molecular flexibility index (Phi) is 5.90. The Morgan fingerprint density at radius 1 is 1.04 bits per heavy atom. The molecule has 144 valence electrons. The maximum atomic E-state index is 14.6. The van der Waals surface area contributed by atoms with E-state index in [1.165, 1.54) is 17.7 Å². The molecule has 5 heteroatoms. The number of benzene rings is 2. The van der Waals surface area contributed by atoms with Crippen LogP contribution in [-0.2, 0) is 4.79 Å². The highest BCUT2D eigenvalue weighted by molar-refractivity contribution is 5.70. The average Bonchev–Trinajstić information content (AvgIpc) is 2.64. The third-order valence-electron chi connectivity index (χ3n) is 5.42. The molecular formula is C22H25F2NO2. The summed E-state index contributed by atoms with van der Waals surface area (Å²) in [7, 11) is 0. The van der Waals surface area contributed by atoms with Crippen molar-refractivity contribution in [3.8, 4) is 0 Å². The summed E-state index contributed by atoms with van der Waals surface area (Å²) >= 11 is 0. The molecule has 1 N–H and O–H groups in total. The summed E-state index contributed by atoms with van der Waals surface area (Å²) < 4.78 is 28.0. The van der Waals surface area contributed by atoms with Crippen LogP contribution in [0.15, 0.2) is 42.5 Å². The van der Waals surface area contributed by atoms with Crippen molar-refractivity contribution in [2.24, 2.45) is 5.92 Å². The van der Waals surface area contributed by atoms with Crippen LogP contribution in [0.2, 0.25) is 0 Å². The van der Waals surface area contributed by atoms with Gasteiger partial charge in [-0.1, -0.05) is 44.2 Å². The van der Waals surface area contributed by atoms with Gasteiger partial charge in [-0.25, -0.2) is 8.78 Å². The number of carboxylic acid groups (broad SMARTS) is 1. The lowest BCUT2D eigenvalue weighted by Crippen LogP contribution is -2.39.